The van der Waals surface area contributed by atoms with Crippen molar-refractivity contribution in [2.24, 2.45) is 16.8 Å². The van der Waals surface area contributed by atoms with Crippen molar-refractivity contribution in [3.05, 3.63) is 18.3 Å². The lowest BCUT2D eigenvalue weighted by Crippen LogP contribution is -2.28. The summed E-state index contributed by atoms with van der Waals surface area (Å²) in [6, 6.07) is 3.26. The minimum absolute atomic E-state index is 0.0257. The van der Waals surface area contributed by atoms with Crippen LogP contribution in [0.15, 0.2) is 23.2 Å². The molecule has 4 N–H and O–H groups in total. The van der Waals surface area contributed by atoms with Crippen LogP contribution in [0.2, 0.25) is 0 Å². The minimum Gasteiger partial charge on any atom is -0.355 e. The van der Waals surface area contributed by atoms with Crippen molar-refractivity contribution in [3.8, 4) is 0 Å². The summed E-state index contributed by atoms with van der Waals surface area (Å²) in [4.78, 5) is 6.18. The lowest BCUT2D eigenvalue weighted by atomic mass is 10.1. The Balaban J connectivity index is 2.20. The second-order valence-electron chi connectivity index (χ2n) is 4.44. The van der Waals surface area contributed by atoms with Crippen molar-refractivity contribution in [2.45, 2.75) is 17.9 Å². The van der Waals surface area contributed by atoms with Gasteiger partial charge >= 0.3 is 0 Å². The number of hydrogen-bond donors (Lipinski definition) is 2. The second kappa shape index (κ2) is 4.25. The van der Waals surface area contributed by atoms with E-state index in [4.69, 9.17) is 10.9 Å². The first-order valence-corrected chi connectivity index (χ1v) is 6.92. The van der Waals surface area contributed by atoms with Gasteiger partial charge in [0.25, 0.3) is 0 Å². The maximum atomic E-state index is 11.1. The van der Waals surface area contributed by atoms with Gasteiger partial charge in [0.15, 0.2) is 0 Å². The predicted molar refractivity (Wildman–Crippen MR) is 65.0 cm³/mol. The van der Waals surface area contributed by atoms with Gasteiger partial charge in [-0.05, 0) is 18.1 Å². The number of sulfonamides is 1. The van der Waals surface area contributed by atoms with Gasteiger partial charge in [0.05, 0.1) is 0 Å². The van der Waals surface area contributed by atoms with Gasteiger partial charge in [-0.2, -0.15) is 0 Å². The van der Waals surface area contributed by atoms with Crippen LogP contribution in [0.1, 0.15) is 6.92 Å². The fraction of sp³-hybridized carbons (Fsp3) is 0.500. The van der Waals surface area contributed by atoms with Crippen molar-refractivity contribution in [1.29, 1.82) is 0 Å². The van der Waals surface area contributed by atoms with E-state index in [1.54, 1.807) is 6.07 Å². The van der Waals surface area contributed by atoms with Gasteiger partial charge in [-0.1, -0.05) is 6.92 Å². The largest absolute Gasteiger partial charge is 0.355 e. The zero-order valence-corrected chi connectivity index (χ0v) is 10.4. The number of hydrogen-bond acceptors (Lipinski definition) is 5. The molecule has 0 aliphatic carbocycles. The Hall–Kier alpha value is -1.18. The highest BCUT2D eigenvalue weighted by molar-refractivity contribution is 7.89. The lowest BCUT2D eigenvalue weighted by molar-refractivity contribution is 0.566. The summed E-state index contributed by atoms with van der Waals surface area (Å²) in [5.74, 6) is 1.15. The zero-order chi connectivity index (χ0) is 12.6. The molecule has 0 amide bonds. The van der Waals surface area contributed by atoms with Crippen molar-refractivity contribution in [1.82, 2.24) is 4.98 Å². The molecule has 2 heterocycles. The first-order chi connectivity index (χ1) is 7.88. The molecule has 1 aliphatic rings. The van der Waals surface area contributed by atoms with Gasteiger partial charge in [0, 0.05) is 25.3 Å². The first-order valence-electron chi connectivity index (χ1n) is 5.37. The Morgan fingerprint density at radius 1 is 1.41 bits per heavy atom. The van der Waals surface area contributed by atoms with Crippen LogP contribution in [0.5, 0.6) is 0 Å². The standard InChI is InChI=1S/C10H16N4O2S/c1-7-5-14(6-9(7)11)10-3-2-8(4-13-10)17(12,15)16/h2-4,7,9H,5-6,11H2,1H3,(H2,12,15,16). The molecule has 0 saturated carbocycles. The van der Waals surface area contributed by atoms with Crippen molar-refractivity contribution in [2.75, 3.05) is 18.0 Å². The summed E-state index contributed by atoms with van der Waals surface area (Å²) in [5, 5.41) is 5.00. The summed E-state index contributed by atoms with van der Waals surface area (Å²) in [5.41, 5.74) is 5.92. The monoisotopic (exact) mass is 256 g/mol. The Kier molecular flexibility index (Phi) is 3.07. The van der Waals surface area contributed by atoms with E-state index in [0.29, 0.717) is 5.92 Å². The van der Waals surface area contributed by atoms with Crippen molar-refractivity contribution < 1.29 is 8.42 Å². The lowest BCUT2D eigenvalue weighted by Gasteiger charge is -2.16. The third kappa shape index (κ3) is 2.56. The Labute approximate surface area is 101 Å². The fourth-order valence-electron chi connectivity index (χ4n) is 1.91. The van der Waals surface area contributed by atoms with Crippen LogP contribution in [-0.4, -0.2) is 32.5 Å². The van der Waals surface area contributed by atoms with Gasteiger partial charge in [-0.25, -0.2) is 18.5 Å². The van der Waals surface area contributed by atoms with Crippen LogP contribution in [0.25, 0.3) is 0 Å². The Morgan fingerprint density at radius 3 is 2.53 bits per heavy atom. The normalized spacial score (nSPS) is 25.2. The number of nitrogens with zero attached hydrogens (tertiary/aromatic N) is 2. The first kappa shape index (κ1) is 12.3. The number of pyridine rings is 1. The van der Waals surface area contributed by atoms with Gasteiger partial charge in [-0.15, -0.1) is 0 Å². The number of anilines is 1. The van der Waals surface area contributed by atoms with E-state index in [0.717, 1.165) is 18.9 Å². The third-order valence-corrected chi connectivity index (χ3v) is 3.94. The quantitative estimate of drug-likeness (QED) is 0.743. The van der Waals surface area contributed by atoms with E-state index in [-0.39, 0.29) is 10.9 Å². The zero-order valence-electron chi connectivity index (χ0n) is 9.57. The third-order valence-electron chi connectivity index (χ3n) is 3.04. The van der Waals surface area contributed by atoms with E-state index < -0.39 is 10.0 Å². The van der Waals surface area contributed by atoms with E-state index in [9.17, 15) is 8.42 Å². The number of aromatic nitrogens is 1. The predicted octanol–water partition coefficient (Wildman–Crippen LogP) is -0.488. The highest BCUT2D eigenvalue weighted by Gasteiger charge is 2.27. The highest BCUT2D eigenvalue weighted by atomic mass is 32.2. The molecule has 2 atom stereocenters. The summed E-state index contributed by atoms with van der Waals surface area (Å²) in [6.07, 6.45) is 1.28. The van der Waals surface area contributed by atoms with Gasteiger partial charge < -0.3 is 10.6 Å². The molecule has 94 valence electrons. The average Bonchev–Trinajstić information content (AvgIpc) is 2.58. The highest BCUT2D eigenvalue weighted by Crippen LogP contribution is 2.21. The molecule has 2 rings (SSSR count). The molecule has 0 spiro atoms. The molecular weight excluding hydrogens is 240 g/mol. The molecule has 17 heavy (non-hydrogen) atoms. The smallest absolute Gasteiger partial charge is 0.239 e. The van der Waals surface area contributed by atoms with Crippen LogP contribution >= 0.6 is 0 Å². The molecular formula is C10H16N4O2S. The summed E-state index contributed by atoms with van der Waals surface area (Å²) in [7, 11) is -3.67. The summed E-state index contributed by atoms with van der Waals surface area (Å²) >= 11 is 0. The molecule has 1 aliphatic heterocycles. The molecule has 1 saturated heterocycles. The van der Waals surface area contributed by atoms with E-state index in [1.807, 2.05) is 4.90 Å². The summed E-state index contributed by atoms with van der Waals surface area (Å²) in [6.45, 7) is 3.66. The molecule has 2 unspecified atom stereocenters. The van der Waals surface area contributed by atoms with Crippen LogP contribution in [-0.2, 0) is 10.0 Å². The van der Waals surface area contributed by atoms with E-state index in [1.165, 1.54) is 12.3 Å². The van der Waals surface area contributed by atoms with Gasteiger partial charge in [-0.3, -0.25) is 0 Å². The molecule has 6 nitrogen and oxygen atoms in total. The number of primary sulfonamides is 1. The van der Waals surface area contributed by atoms with Gasteiger partial charge in [0.1, 0.15) is 10.7 Å². The van der Waals surface area contributed by atoms with Crippen molar-refractivity contribution in [3.63, 3.8) is 0 Å². The molecule has 0 radical (unpaired) electrons. The number of rotatable bonds is 2. The number of nitrogens with two attached hydrogens (primary N) is 2. The molecule has 1 aromatic heterocycles. The molecule has 1 aromatic rings. The van der Waals surface area contributed by atoms with Crippen LogP contribution < -0.4 is 15.8 Å². The minimum atomic E-state index is -3.67. The fourth-order valence-corrected chi connectivity index (χ4v) is 2.36. The summed E-state index contributed by atoms with van der Waals surface area (Å²) < 4.78 is 22.1. The topological polar surface area (TPSA) is 102 Å². The van der Waals surface area contributed by atoms with E-state index >= 15 is 0 Å². The molecule has 1 fully saturated rings. The Bertz CT molecular complexity index is 490. The van der Waals surface area contributed by atoms with Crippen LogP contribution in [0, 0.1) is 5.92 Å². The SMILES string of the molecule is CC1CN(c2ccc(S(N)(=O)=O)cn2)CC1N. The van der Waals surface area contributed by atoms with Crippen LogP contribution in [0.3, 0.4) is 0 Å². The maximum Gasteiger partial charge on any atom is 0.239 e. The molecule has 7 heteroatoms. The average molecular weight is 256 g/mol. The second-order valence-corrected chi connectivity index (χ2v) is 6.00. The Morgan fingerprint density at radius 2 is 2.12 bits per heavy atom. The maximum absolute atomic E-state index is 11.1. The van der Waals surface area contributed by atoms with Crippen LogP contribution in [0.4, 0.5) is 5.82 Å². The van der Waals surface area contributed by atoms with Gasteiger partial charge in [0.2, 0.25) is 10.0 Å². The molecule has 0 aromatic carbocycles. The molecule has 0 bridgehead atoms. The van der Waals surface area contributed by atoms with Crippen molar-refractivity contribution >= 4 is 15.8 Å². The van der Waals surface area contributed by atoms with E-state index in [2.05, 4.69) is 11.9 Å².